The van der Waals surface area contributed by atoms with Crippen molar-refractivity contribution < 1.29 is 14.3 Å². The molecule has 0 atom stereocenters. The molecule has 1 N–H and O–H groups in total. The molecule has 0 aliphatic rings. The number of para-hydroxylation sites is 2. The fourth-order valence-corrected chi connectivity index (χ4v) is 1.67. The SMILES string of the molecule is COC(=O)N(C(=O)Nc1ccccc1)c1ccccc1. The Morgan fingerprint density at radius 1 is 0.950 bits per heavy atom. The first-order chi connectivity index (χ1) is 9.72. The number of carbonyl (C=O) groups excluding carboxylic acids is 2. The fourth-order valence-electron chi connectivity index (χ4n) is 1.67. The number of imide groups is 1. The van der Waals surface area contributed by atoms with Gasteiger partial charge in [-0.1, -0.05) is 36.4 Å². The summed E-state index contributed by atoms with van der Waals surface area (Å²) in [4.78, 5) is 25.0. The van der Waals surface area contributed by atoms with E-state index in [0.29, 0.717) is 11.4 Å². The topological polar surface area (TPSA) is 58.6 Å². The summed E-state index contributed by atoms with van der Waals surface area (Å²) in [5.41, 5.74) is 1.04. The smallest absolute Gasteiger partial charge is 0.422 e. The van der Waals surface area contributed by atoms with Gasteiger partial charge in [-0.25, -0.2) is 9.59 Å². The summed E-state index contributed by atoms with van der Waals surface area (Å²) in [5.74, 6) is 0. The van der Waals surface area contributed by atoms with Crippen molar-refractivity contribution in [1.29, 1.82) is 0 Å². The number of anilines is 2. The molecule has 5 nitrogen and oxygen atoms in total. The Morgan fingerprint density at radius 3 is 2.05 bits per heavy atom. The number of rotatable bonds is 2. The molecule has 2 aromatic carbocycles. The number of nitrogens with zero attached hydrogens (tertiary/aromatic N) is 1. The monoisotopic (exact) mass is 270 g/mol. The molecule has 5 heteroatoms. The van der Waals surface area contributed by atoms with E-state index in [9.17, 15) is 9.59 Å². The van der Waals surface area contributed by atoms with E-state index >= 15 is 0 Å². The highest BCUT2D eigenvalue weighted by molar-refractivity contribution is 6.16. The van der Waals surface area contributed by atoms with Crippen molar-refractivity contribution in [1.82, 2.24) is 0 Å². The second-order valence-corrected chi connectivity index (χ2v) is 3.94. The Hall–Kier alpha value is -2.82. The molecule has 0 saturated carbocycles. The molecule has 0 fully saturated rings. The van der Waals surface area contributed by atoms with Gasteiger partial charge in [-0.3, -0.25) is 0 Å². The summed E-state index contributed by atoms with van der Waals surface area (Å²) >= 11 is 0. The molecule has 0 heterocycles. The van der Waals surface area contributed by atoms with Gasteiger partial charge in [0.2, 0.25) is 0 Å². The molecule has 0 spiro atoms. The molecule has 0 radical (unpaired) electrons. The summed E-state index contributed by atoms with van der Waals surface area (Å²) < 4.78 is 4.65. The minimum Gasteiger partial charge on any atom is -0.452 e. The van der Waals surface area contributed by atoms with E-state index in [-0.39, 0.29) is 0 Å². The van der Waals surface area contributed by atoms with E-state index < -0.39 is 12.1 Å². The van der Waals surface area contributed by atoms with E-state index in [1.54, 1.807) is 54.6 Å². The Labute approximate surface area is 116 Å². The molecule has 0 aliphatic carbocycles. The first-order valence-corrected chi connectivity index (χ1v) is 6.01. The third-order valence-electron chi connectivity index (χ3n) is 2.60. The zero-order valence-electron chi connectivity index (χ0n) is 10.9. The quantitative estimate of drug-likeness (QED) is 0.908. The maximum Gasteiger partial charge on any atom is 0.422 e. The Bertz CT molecular complexity index is 585. The second-order valence-electron chi connectivity index (χ2n) is 3.94. The number of ether oxygens (including phenoxy) is 1. The lowest BCUT2D eigenvalue weighted by Gasteiger charge is -2.19. The highest BCUT2D eigenvalue weighted by Gasteiger charge is 2.24. The van der Waals surface area contributed by atoms with Crippen molar-refractivity contribution in [3.63, 3.8) is 0 Å². The predicted molar refractivity (Wildman–Crippen MR) is 76.8 cm³/mol. The molecule has 0 saturated heterocycles. The highest BCUT2D eigenvalue weighted by atomic mass is 16.5. The molecule has 102 valence electrons. The lowest BCUT2D eigenvalue weighted by molar-refractivity contribution is 0.179. The molecule has 0 bridgehead atoms. The van der Waals surface area contributed by atoms with Crippen LogP contribution in [0.2, 0.25) is 0 Å². The van der Waals surface area contributed by atoms with Gasteiger partial charge in [0, 0.05) is 5.69 Å². The van der Waals surface area contributed by atoms with E-state index in [0.717, 1.165) is 4.90 Å². The highest BCUT2D eigenvalue weighted by Crippen LogP contribution is 2.16. The van der Waals surface area contributed by atoms with Gasteiger partial charge in [0.15, 0.2) is 0 Å². The van der Waals surface area contributed by atoms with E-state index in [2.05, 4.69) is 10.1 Å². The second kappa shape index (κ2) is 6.38. The molecule has 0 unspecified atom stereocenters. The van der Waals surface area contributed by atoms with Gasteiger partial charge in [-0.15, -0.1) is 0 Å². The van der Waals surface area contributed by atoms with Gasteiger partial charge >= 0.3 is 12.1 Å². The maximum atomic E-state index is 12.2. The number of carbonyl (C=O) groups is 2. The van der Waals surface area contributed by atoms with Crippen LogP contribution >= 0.6 is 0 Å². The van der Waals surface area contributed by atoms with Gasteiger partial charge in [-0.2, -0.15) is 4.90 Å². The standard InChI is InChI=1S/C15H14N2O3/c1-20-15(19)17(13-10-6-3-7-11-13)14(18)16-12-8-4-2-5-9-12/h2-11H,1H3,(H,16,18). The van der Waals surface area contributed by atoms with Crippen LogP contribution in [0.25, 0.3) is 0 Å². The fraction of sp³-hybridized carbons (Fsp3) is 0.0667. The van der Waals surface area contributed by atoms with Crippen molar-refractivity contribution in [2.45, 2.75) is 0 Å². The molecular weight excluding hydrogens is 256 g/mol. The average molecular weight is 270 g/mol. The van der Waals surface area contributed by atoms with E-state index in [4.69, 9.17) is 0 Å². The van der Waals surface area contributed by atoms with Crippen LogP contribution in [0.3, 0.4) is 0 Å². The lowest BCUT2D eigenvalue weighted by Crippen LogP contribution is -2.40. The van der Waals surface area contributed by atoms with Crippen molar-refractivity contribution in [3.05, 3.63) is 60.7 Å². The lowest BCUT2D eigenvalue weighted by atomic mass is 10.3. The van der Waals surface area contributed by atoms with Crippen LogP contribution in [0.1, 0.15) is 0 Å². The normalized spacial score (nSPS) is 9.65. The first kappa shape index (κ1) is 13.6. The minimum atomic E-state index is -0.746. The Kier molecular flexibility index (Phi) is 4.34. The Morgan fingerprint density at radius 2 is 1.50 bits per heavy atom. The largest absolute Gasteiger partial charge is 0.452 e. The molecule has 0 aliphatic heterocycles. The van der Waals surface area contributed by atoms with Crippen LogP contribution in [-0.2, 0) is 4.74 Å². The third-order valence-corrected chi connectivity index (χ3v) is 2.60. The summed E-state index contributed by atoms with van der Waals surface area (Å²) in [6.45, 7) is 0. The average Bonchev–Trinajstić information content (AvgIpc) is 2.49. The van der Waals surface area contributed by atoms with Crippen LogP contribution < -0.4 is 10.2 Å². The van der Waals surface area contributed by atoms with Crippen LogP contribution in [-0.4, -0.2) is 19.2 Å². The number of nitrogens with one attached hydrogen (secondary N) is 1. The van der Waals surface area contributed by atoms with Crippen LogP contribution in [0, 0.1) is 0 Å². The first-order valence-electron chi connectivity index (χ1n) is 6.01. The van der Waals surface area contributed by atoms with Crippen molar-refractivity contribution in [3.8, 4) is 0 Å². The van der Waals surface area contributed by atoms with Gasteiger partial charge in [-0.05, 0) is 24.3 Å². The van der Waals surface area contributed by atoms with Crippen LogP contribution in [0.15, 0.2) is 60.7 Å². The van der Waals surface area contributed by atoms with Gasteiger partial charge in [0.05, 0.1) is 12.8 Å². The Balaban J connectivity index is 2.24. The number of benzene rings is 2. The van der Waals surface area contributed by atoms with Crippen molar-refractivity contribution >= 4 is 23.5 Å². The van der Waals surface area contributed by atoms with Crippen LogP contribution in [0.5, 0.6) is 0 Å². The van der Waals surface area contributed by atoms with Crippen molar-refractivity contribution in [2.24, 2.45) is 0 Å². The summed E-state index contributed by atoms with van der Waals surface area (Å²) in [6, 6.07) is 16.9. The summed E-state index contributed by atoms with van der Waals surface area (Å²) in [6.07, 6.45) is -0.746. The van der Waals surface area contributed by atoms with Gasteiger partial charge < -0.3 is 10.1 Å². The molecule has 2 rings (SSSR count). The van der Waals surface area contributed by atoms with E-state index in [1.165, 1.54) is 7.11 Å². The van der Waals surface area contributed by atoms with Crippen molar-refractivity contribution in [2.75, 3.05) is 17.3 Å². The number of hydrogen-bond acceptors (Lipinski definition) is 3. The molecular formula is C15H14N2O3. The number of urea groups is 1. The molecule has 3 amide bonds. The van der Waals surface area contributed by atoms with E-state index in [1.807, 2.05) is 6.07 Å². The molecule has 0 aromatic heterocycles. The zero-order chi connectivity index (χ0) is 14.4. The number of hydrogen-bond donors (Lipinski definition) is 1. The zero-order valence-corrected chi connectivity index (χ0v) is 10.9. The number of methoxy groups -OCH3 is 1. The van der Waals surface area contributed by atoms with Crippen LogP contribution in [0.4, 0.5) is 21.0 Å². The summed E-state index contributed by atoms with van der Waals surface area (Å²) in [7, 11) is 1.23. The minimum absolute atomic E-state index is 0.438. The molecule has 2 aromatic rings. The maximum absolute atomic E-state index is 12.2. The predicted octanol–water partition coefficient (Wildman–Crippen LogP) is 3.49. The number of amides is 3. The van der Waals surface area contributed by atoms with Gasteiger partial charge in [0.25, 0.3) is 0 Å². The summed E-state index contributed by atoms with van der Waals surface area (Å²) in [5, 5.41) is 2.64. The molecule has 20 heavy (non-hydrogen) atoms. The van der Waals surface area contributed by atoms with Gasteiger partial charge in [0.1, 0.15) is 0 Å². The third kappa shape index (κ3) is 3.14.